The van der Waals surface area contributed by atoms with Crippen molar-refractivity contribution in [2.45, 2.75) is 32.2 Å². The van der Waals surface area contributed by atoms with Gasteiger partial charge in [0.1, 0.15) is 0 Å². The molecule has 0 amide bonds. The van der Waals surface area contributed by atoms with Gasteiger partial charge in [-0.1, -0.05) is 0 Å². The lowest BCUT2D eigenvalue weighted by molar-refractivity contribution is 0.227. The molecule has 1 unspecified atom stereocenters. The Labute approximate surface area is 117 Å². The number of hydrogen-bond acceptors (Lipinski definition) is 4. The highest BCUT2D eigenvalue weighted by Crippen LogP contribution is 2.29. The van der Waals surface area contributed by atoms with E-state index in [-0.39, 0.29) is 0 Å². The van der Waals surface area contributed by atoms with Gasteiger partial charge in [-0.15, -0.1) is 0 Å². The van der Waals surface area contributed by atoms with E-state index in [1.54, 1.807) is 6.20 Å². The standard InChI is InChI=1S/C13H20BrN3O/c1-9-11(15)8-16-13(12(9)14)18-7-5-10-4-3-6-17(10)2/h8,10H,3-7,15H2,1-2H3. The average Bonchev–Trinajstić information content (AvgIpc) is 2.75. The van der Waals surface area contributed by atoms with E-state index in [0.717, 1.165) is 16.5 Å². The fourth-order valence-corrected chi connectivity index (χ4v) is 2.75. The minimum atomic E-state index is 0.641. The first-order chi connectivity index (χ1) is 8.59. The molecule has 5 heteroatoms. The summed E-state index contributed by atoms with van der Waals surface area (Å²) in [5.74, 6) is 0.641. The number of nitrogen functional groups attached to an aromatic ring is 1. The van der Waals surface area contributed by atoms with Crippen molar-refractivity contribution < 1.29 is 4.74 Å². The fourth-order valence-electron chi connectivity index (χ4n) is 2.31. The van der Waals surface area contributed by atoms with Crippen LogP contribution in [0.4, 0.5) is 5.69 Å². The summed E-state index contributed by atoms with van der Waals surface area (Å²) in [6.07, 6.45) is 5.27. The first kappa shape index (κ1) is 13.6. The maximum atomic E-state index is 5.78. The molecule has 1 fully saturated rings. The van der Waals surface area contributed by atoms with Crippen molar-refractivity contribution in [3.8, 4) is 5.88 Å². The number of nitrogens with zero attached hydrogens (tertiary/aromatic N) is 2. The number of aromatic nitrogens is 1. The molecule has 0 aliphatic carbocycles. The van der Waals surface area contributed by atoms with E-state index in [0.29, 0.717) is 24.2 Å². The summed E-state index contributed by atoms with van der Waals surface area (Å²) in [5, 5.41) is 0. The molecule has 2 rings (SSSR count). The summed E-state index contributed by atoms with van der Waals surface area (Å²) in [4.78, 5) is 6.62. The van der Waals surface area contributed by atoms with Crippen LogP contribution in [0.1, 0.15) is 24.8 Å². The summed E-state index contributed by atoms with van der Waals surface area (Å²) in [5.41, 5.74) is 7.45. The zero-order valence-corrected chi connectivity index (χ0v) is 12.5. The van der Waals surface area contributed by atoms with Crippen molar-refractivity contribution in [1.29, 1.82) is 0 Å². The molecule has 1 atom stereocenters. The lowest BCUT2D eigenvalue weighted by atomic mass is 10.1. The molecule has 2 N–H and O–H groups in total. The van der Waals surface area contributed by atoms with Gasteiger partial charge < -0.3 is 15.4 Å². The van der Waals surface area contributed by atoms with Crippen LogP contribution in [-0.2, 0) is 0 Å². The Kier molecular flexibility index (Phi) is 4.45. The molecule has 0 radical (unpaired) electrons. The maximum absolute atomic E-state index is 5.78. The summed E-state index contributed by atoms with van der Waals surface area (Å²) in [6.45, 7) is 3.86. The Bertz CT molecular complexity index is 425. The van der Waals surface area contributed by atoms with E-state index in [4.69, 9.17) is 10.5 Å². The molecule has 1 aliphatic rings. The largest absolute Gasteiger partial charge is 0.477 e. The second-order valence-electron chi connectivity index (χ2n) is 4.87. The van der Waals surface area contributed by atoms with Gasteiger partial charge in [-0.25, -0.2) is 4.98 Å². The highest BCUT2D eigenvalue weighted by molar-refractivity contribution is 9.10. The Morgan fingerprint density at radius 3 is 3.06 bits per heavy atom. The average molecular weight is 314 g/mol. The molecule has 2 heterocycles. The highest BCUT2D eigenvalue weighted by atomic mass is 79.9. The number of hydrogen-bond donors (Lipinski definition) is 1. The molecule has 0 spiro atoms. The van der Waals surface area contributed by atoms with Crippen molar-refractivity contribution in [1.82, 2.24) is 9.88 Å². The molecular formula is C13H20BrN3O. The van der Waals surface area contributed by atoms with E-state index >= 15 is 0 Å². The highest BCUT2D eigenvalue weighted by Gasteiger charge is 2.20. The van der Waals surface area contributed by atoms with E-state index in [2.05, 4.69) is 32.9 Å². The Morgan fingerprint density at radius 1 is 1.61 bits per heavy atom. The van der Waals surface area contributed by atoms with Gasteiger partial charge in [0.25, 0.3) is 0 Å². The molecule has 0 aromatic carbocycles. The minimum absolute atomic E-state index is 0.641. The number of rotatable bonds is 4. The fraction of sp³-hybridized carbons (Fsp3) is 0.615. The van der Waals surface area contributed by atoms with Crippen LogP contribution < -0.4 is 10.5 Å². The van der Waals surface area contributed by atoms with Gasteiger partial charge in [0.2, 0.25) is 5.88 Å². The number of anilines is 1. The molecule has 4 nitrogen and oxygen atoms in total. The number of pyridine rings is 1. The molecule has 1 aliphatic heterocycles. The third kappa shape index (κ3) is 2.95. The second kappa shape index (κ2) is 5.89. The minimum Gasteiger partial charge on any atom is -0.477 e. The summed E-state index contributed by atoms with van der Waals surface area (Å²) in [6, 6.07) is 0.652. The van der Waals surface area contributed by atoms with Crippen LogP contribution in [0.25, 0.3) is 0 Å². The summed E-state index contributed by atoms with van der Waals surface area (Å²) in [7, 11) is 2.18. The quantitative estimate of drug-likeness (QED) is 0.928. The van der Waals surface area contributed by atoms with Crippen LogP contribution in [0.2, 0.25) is 0 Å². The van der Waals surface area contributed by atoms with Crippen molar-refractivity contribution in [2.75, 3.05) is 25.9 Å². The van der Waals surface area contributed by atoms with Crippen molar-refractivity contribution in [2.24, 2.45) is 0 Å². The topological polar surface area (TPSA) is 51.4 Å². The molecule has 1 aromatic heterocycles. The molecule has 1 aromatic rings. The van der Waals surface area contributed by atoms with Crippen molar-refractivity contribution in [3.05, 3.63) is 16.2 Å². The Hall–Kier alpha value is -0.810. The van der Waals surface area contributed by atoms with Crippen LogP contribution >= 0.6 is 15.9 Å². The van der Waals surface area contributed by atoms with Crippen LogP contribution in [0.15, 0.2) is 10.7 Å². The first-order valence-electron chi connectivity index (χ1n) is 6.33. The van der Waals surface area contributed by atoms with Gasteiger partial charge in [-0.05, 0) is 61.3 Å². The first-order valence-corrected chi connectivity index (χ1v) is 7.12. The maximum Gasteiger partial charge on any atom is 0.228 e. The number of nitrogens with two attached hydrogens (primary N) is 1. The van der Waals surface area contributed by atoms with Gasteiger partial charge in [0.15, 0.2) is 0 Å². The van der Waals surface area contributed by atoms with Gasteiger partial charge in [0, 0.05) is 6.04 Å². The number of likely N-dealkylation sites (tertiary alicyclic amines) is 1. The smallest absolute Gasteiger partial charge is 0.228 e. The SMILES string of the molecule is Cc1c(N)cnc(OCCC2CCCN2C)c1Br. The number of ether oxygens (including phenoxy) is 1. The van der Waals surface area contributed by atoms with Crippen LogP contribution in [0.5, 0.6) is 5.88 Å². The predicted molar refractivity (Wildman–Crippen MR) is 76.9 cm³/mol. The molecule has 100 valence electrons. The van der Waals surface area contributed by atoms with Crippen LogP contribution in [0.3, 0.4) is 0 Å². The monoisotopic (exact) mass is 313 g/mol. The Balaban J connectivity index is 1.89. The molecular weight excluding hydrogens is 294 g/mol. The molecule has 18 heavy (non-hydrogen) atoms. The third-order valence-electron chi connectivity index (χ3n) is 3.63. The van der Waals surface area contributed by atoms with E-state index < -0.39 is 0 Å². The molecule has 1 saturated heterocycles. The van der Waals surface area contributed by atoms with Gasteiger partial charge in [-0.2, -0.15) is 0 Å². The summed E-state index contributed by atoms with van der Waals surface area (Å²) >= 11 is 3.48. The zero-order chi connectivity index (χ0) is 13.1. The lowest BCUT2D eigenvalue weighted by Gasteiger charge is -2.19. The predicted octanol–water partition coefficient (Wildman–Crippen LogP) is 2.60. The number of halogens is 1. The Morgan fingerprint density at radius 2 is 2.39 bits per heavy atom. The lowest BCUT2D eigenvalue weighted by Crippen LogP contribution is -2.26. The van der Waals surface area contributed by atoms with Crippen LogP contribution in [-0.4, -0.2) is 36.1 Å². The van der Waals surface area contributed by atoms with Gasteiger partial charge in [-0.3, -0.25) is 0 Å². The zero-order valence-electron chi connectivity index (χ0n) is 10.9. The molecule has 0 bridgehead atoms. The van der Waals surface area contributed by atoms with E-state index in [1.807, 2.05) is 6.92 Å². The van der Waals surface area contributed by atoms with E-state index in [9.17, 15) is 0 Å². The van der Waals surface area contributed by atoms with Crippen molar-refractivity contribution >= 4 is 21.6 Å². The summed E-state index contributed by atoms with van der Waals surface area (Å²) < 4.78 is 6.61. The van der Waals surface area contributed by atoms with Gasteiger partial charge >= 0.3 is 0 Å². The second-order valence-corrected chi connectivity index (χ2v) is 5.66. The molecule has 0 saturated carbocycles. The normalized spacial score (nSPS) is 20.3. The van der Waals surface area contributed by atoms with E-state index in [1.165, 1.54) is 19.4 Å². The van der Waals surface area contributed by atoms with Gasteiger partial charge in [0.05, 0.1) is 23.0 Å². The third-order valence-corrected chi connectivity index (χ3v) is 4.57. The van der Waals surface area contributed by atoms with Crippen molar-refractivity contribution in [3.63, 3.8) is 0 Å². The van der Waals surface area contributed by atoms with Crippen LogP contribution in [0, 0.1) is 6.92 Å².